The Kier molecular flexibility index (Phi) is 18.4. The van der Waals surface area contributed by atoms with Crippen LogP contribution in [0.3, 0.4) is 0 Å². The zero-order valence-corrected chi connectivity index (χ0v) is 26.2. The maximum Gasteiger partial charge on any atom is 0.343 e. The van der Waals surface area contributed by atoms with Gasteiger partial charge in [-0.15, -0.1) is 0 Å². The summed E-state index contributed by atoms with van der Waals surface area (Å²) in [5.41, 5.74) is 2.79. The number of para-hydroxylation sites is 1. The molecule has 224 valence electrons. The lowest BCUT2D eigenvalue weighted by Gasteiger charge is -2.18. The van der Waals surface area contributed by atoms with E-state index in [2.05, 4.69) is 33.8 Å². The minimum Gasteiger partial charge on any atom is -0.423 e. The minimum absolute atomic E-state index is 0.0205. The Morgan fingerprint density at radius 3 is 1.77 bits per heavy atom. The van der Waals surface area contributed by atoms with E-state index in [1.165, 1.54) is 83.5 Å². The lowest BCUT2D eigenvalue weighted by molar-refractivity contribution is 0.0625. The summed E-state index contributed by atoms with van der Waals surface area (Å²) in [6, 6.07) is 15.7. The quantitative estimate of drug-likeness (QED) is 0.0784. The molecule has 40 heavy (non-hydrogen) atoms. The van der Waals surface area contributed by atoms with Crippen molar-refractivity contribution in [3.8, 4) is 5.75 Å². The number of carbonyl (C=O) groups excluding carboxylic acids is 1. The minimum atomic E-state index is -0.304. The van der Waals surface area contributed by atoms with Crippen LogP contribution in [0.25, 0.3) is 0 Å². The molecular weight excluding hydrogens is 492 g/mol. The highest BCUT2D eigenvalue weighted by molar-refractivity contribution is 5.91. The molecule has 0 spiro atoms. The predicted molar refractivity (Wildman–Crippen MR) is 170 cm³/mol. The molecule has 0 saturated carbocycles. The van der Waals surface area contributed by atoms with Gasteiger partial charge >= 0.3 is 5.97 Å². The molecule has 0 fully saturated rings. The van der Waals surface area contributed by atoms with Gasteiger partial charge in [-0.1, -0.05) is 141 Å². The molecule has 0 aliphatic rings. The molecule has 2 unspecified atom stereocenters. The maximum atomic E-state index is 12.9. The van der Waals surface area contributed by atoms with Crippen LogP contribution in [0.1, 0.15) is 170 Å². The maximum absolute atomic E-state index is 12.9. The van der Waals surface area contributed by atoms with Gasteiger partial charge in [0.1, 0.15) is 5.75 Å². The molecule has 2 aromatic rings. The van der Waals surface area contributed by atoms with Crippen molar-refractivity contribution in [2.45, 2.75) is 149 Å². The summed E-state index contributed by atoms with van der Waals surface area (Å²) in [5, 5.41) is 0. The Balaban J connectivity index is 1.61. The van der Waals surface area contributed by atoms with Crippen molar-refractivity contribution in [2.75, 3.05) is 6.61 Å². The molecule has 0 N–H and O–H groups in total. The predicted octanol–water partition coefficient (Wildman–Crippen LogP) is 11.8. The van der Waals surface area contributed by atoms with E-state index in [9.17, 15) is 4.79 Å². The lowest BCUT2D eigenvalue weighted by Crippen LogP contribution is -2.11. The van der Waals surface area contributed by atoms with E-state index in [0.29, 0.717) is 17.2 Å². The number of unbranched alkanes of at least 4 members (excludes halogenated alkanes) is 13. The molecule has 0 amide bonds. The highest BCUT2D eigenvalue weighted by Gasteiger charge is 2.17. The molecule has 0 aromatic heterocycles. The third-order valence-corrected chi connectivity index (χ3v) is 8.17. The molecule has 0 saturated heterocycles. The van der Waals surface area contributed by atoms with Crippen molar-refractivity contribution in [2.24, 2.45) is 0 Å². The number of benzene rings is 2. The van der Waals surface area contributed by atoms with E-state index >= 15 is 0 Å². The van der Waals surface area contributed by atoms with Gasteiger partial charge in [-0.3, -0.25) is 0 Å². The lowest BCUT2D eigenvalue weighted by atomic mass is 9.91. The van der Waals surface area contributed by atoms with Crippen LogP contribution in [0, 0.1) is 0 Å². The highest BCUT2D eigenvalue weighted by Crippen LogP contribution is 2.32. The van der Waals surface area contributed by atoms with Crippen molar-refractivity contribution >= 4 is 5.97 Å². The van der Waals surface area contributed by atoms with Crippen LogP contribution in [0.2, 0.25) is 0 Å². The first-order valence-corrected chi connectivity index (χ1v) is 16.6. The number of hydrogen-bond acceptors (Lipinski definition) is 3. The summed E-state index contributed by atoms with van der Waals surface area (Å²) in [6.07, 6.45) is 22.4. The molecule has 0 bridgehead atoms. The third kappa shape index (κ3) is 13.5. The molecule has 0 radical (unpaired) electrons. The molecule has 0 heterocycles. The highest BCUT2D eigenvalue weighted by atomic mass is 16.5. The summed E-state index contributed by atoms with van der Waals surface area (Å²) in [6.45, 7) is 9.55. The van der Waals surface area contributed by atoms with Gasteiger partial charge in [0.25, 0.3) is 0 Å². The van der Waals surface area contributed by atoms with Gasteiger partial charge in [0.15, 0.2) is 0 Å². The van der Waals surface area contributed by atoms with Gasteiger partial charge in [0, 0.05) is 6.61 Å². The second-order valence-electron chi connectivity index (χ2n) is 11.6. The number of rotatable bonds is 23. The summed E-state index contributed by atoms with van der Waals surface area (Å²) in [4.78, 5) is 12.9. The van der Waals surface area contributed by atoms with E-state index in [-0.39, 0.29) is 12.1 Å². The van der Waals surface area contributed by atoms with Crippen molar-refractivity contribution < 1.29 is 14.3 Å². The number of hydrogen-bond donors (Lipinski definition) is 0. The Bertz CT molecular complexity index is 904. The largest absolute Gasteiger partial charge is 0.423 e. The van der Waals surface area contributed by atoms with Gasteiger partial charge < -0.3 is 9.47 Å². The molecule has 2 aromatic carbocycles. The summed E-state index contributed by atoms with van der Waals surface area (Å²) in [5.74, 6) is 0.789. The Labute approximate surface area is 246 Å². The fraction of sp³-hybridized carbons (Fsp3) is 0.649. The first kappa shape index (κ1) is 34.1. The number of ether oxygens (including phenoxy) is 2. The van der Waals surface area contributed by atoms with Crippen molar-refractivity contribution in [3.63, 3.8) is 0 Å². The summed E-state index contributed by atoms with van der Waals surface area (Å²) >= 11 is 0. The molecule has 2 rings (SSSR count). The second-order valence-corrected chi connectivity index (χ2v) is 11.6. The van der Waals surface area contributed by atoms with Crippen molar-refractivity contribution in [3.05, 3.63) is 65.2 Å². The first-order chi connectivity index (χ1) is 19.6. The van der Waals surface area contributed by atoms with Crippen LogP contribution in [-0.2, 0) is 4.74 Å². The van der Waals surface area contributed by atoms with Crippen LogP contribution >= 0.6 is 0 Å². The first-order valence-electron chi connectivity index (χ1n) is 16.6. The van der Waals surface area contributed by atoms with Gasteiger partial charge in [-0.2, -0.15) is 0 Å². The fourth-order valence-electron chi connectivity index (χ4n) is 5.54. The second kappa shape index (κ2) is 21.6. The zero-order valence-electron chi connectivity index (χ0n) is 26.2. The fourth-order valence-corrected chi connectivity index (χ4v) is 5.54. The van der Waals surface area contributed by atoms with Crippen LogP contribution in [0.4, 0.5) is 0 Å². The van der Waals surface area contributed by atoms with E-state index in [4.69, 9.17) is 9.47 Å². The molecule has 2 atom stereocenters. The van der Waals surface area contributed by atoms with Gasteiger partial charge in [0.2, 0.25) is 0 Å². The number of carbonyl (C=O) groups is 1. The Morgan fingerprint density at radius 2 is 1.23 bits per heavy atom. The third-order valence-electron chi connectivity index (χ3n) is 8.17. The smallest absolute Gasteiger partial charge is 0.343 e. The molecule has 0 aliphatic carbocycles. The molecule has 3 heteroatoms. The molecular formula is C37H58O3. The van der Waals surface area contributed by atoms with Gasteiger partial charge in [-0.05, 0) is 61.4 Å². The van der Waals surface area contributed by atoms with Gasteiger partial charge in [0.05, 0.1) is 11.7 Å². The number of esters is 1. The van der Waals surface area contributed by atoms with Gasteiger partial charge in [-0.25, -0.2) is 4.79 Å². The van der Waals surface area contributed by atoms with Crippen LogP contribution in [0.5, 0.6) is 5.75 Å². The topological polar surface area (TPSA) is 35.5 Å². The van der Waals surface area contributed by atoms with E-state index < -0.39 is 0 Å². The molecule has 3 nitrogen and oxygen atoms in total. The SMILES string of the molecule is CCCCCCCCCCCCCCCCOC(C)c1ccc(C(=O)Oc2ccccc2C(CC)CCC)cc1. The molecule has 0 aliphatic heterocycles. The van der Waals surface area contributed by atoms with Crippen molar-refractivity contribution in [1.82, 2.24) is 0 Å². The summed E-state index contributed by atoms with van der Waals surface area (Å²) < 4.78 is 11.9. The zero-order chi connectivity index (χ0) is 28.8. The van der Waals surface area contributed by atoms with E-state index in [1.54, 1.807) is 0 Å². The van der Waals surface area contributed by atoms with E-state index in [1.807, 2.05) is 42.5 Å². The normalized spacial score (nSPS) is 12.8. The standard InChI is InChI=1S/C37H58O3/c1-5-8-9-10-11-12-13-14-15-16-17-18-19-22-30-39-31(4)33-26-28-34(29-27-33)37(38)40-36-25-21-20-24-35(36)32(7-3)23-6-2/h20-21,24-29,31-32H,5-19,22-23,30H2,1-4H3. The average Bonchev–Trinajstić information content (AvgIpc) is 2.98. The average molecular weight is 551 g/mol. The Hall–Kier alpha value is -2.13. The van der Waals surface area contributed by atoms with Crippen LogP contribution < -0.4 is 4.74 Å². The monoisotopic (exact) mass is 550 g/mol. The van der Waals surface area contributed by atoms with Crippen LogP contribution in [-0.4, -0.2) is 12.6 Å². The summed E-state index contributed by atoms with van der Waals surface area (Å²) in [7, 11) is 0. The van der Waals surface area contributed by atoms with Crippen LogP contribution in [0.15, 0.2) is 48.5 Å². The van der Waals surface area contributed by atoms with Crippen molar-refractivity contribution in [1.29, 1.82) is 0 Å². The Morgan fingerprint density at radius 1 is 0.675 bits per heavy atom. The van der Waals surface area contributed by atoms with E-state index in [0.717, 1.165) is 43.4 Å².